The lowest BCUT2D eigenvalue weighted by molar-refractivity contribution is 0.475. The molecular formula is C22H16F3NO3S. The number of aromatic hydroxyl groups is 1. The van der Waals surface area contributed by atoms with Crippen LogP contribution in [0.1, 0.15) is 22.3 Å². The third-order valence-corrected chi connectivity index (χ3v) is 5.68. The summed E-state index contributed by atoms with van der Waals surface area (Å²) in [4.78, 5) is -0.411. The summed E-state index contributed by atoms with van der Waals surface area (Å²) >= 11 is 0. The van der Waals surface area contributed by atoms with Gasteiger partial charge in [-0.05, 0) is 61.9 Å². The molecule has 3 aromatic carbocycles. The molecule has 154 valence electrons. The molecule has 0 atom stereocenters. The van der Waals surface area contributed by atoms with E-state index in [1.807, 2.05) is 4.72 Å². The molecule has 0 aliphatic rings. The van der Waals surface area contributed by atoms with E-state index in [4.69, 9.17) is 0 Å². The molecule has 3 aromatic rings. The highest BCUT2D eigenvalue weighted by atomic mass is 32.2. The molecule has 0 aliphatic carbocycles. The Morgan fingerprint density at radius 2 is 1.50 bits per heavy atom. The van der Waals surface area contributed by atoms with Crippen LogP contribution in [0.15, 0.2) is 53.4 Å². The summed E-state index contributed by atoms with van der Waals surface area (Å²) in [6, 6.07) is 10.1. The third-order valence-electron chi connectivity index (χ3n) is 4.21. The first-order valence-corrected chi connectivity index (χ1v) is 10.1. The zero-order valence-corrected chi connectivity index (χ0v) is 16.7. The van der Waals surface area contributed by atoms with E-state index in [-0.39, 0.29) is 16.9 Å². The average Bonchev–Trinajstić information content (AvgIpc) is 2.66. The molecule has 3 rings (SSSR count). The summed E-state index contributed by atoms with van der Waals surface area (Å²) in [5, 5.41) is 9.41. The lowest BCUT2D eigenvalue weighted by Crippen LogP contribution is -2.17. The van der Waals surface area contributed by atoms with Gasteiger partial charge in [0.2, 0.25) is 0 Å². The minimum Gasteiger partial charge on any atom is -0.508 e. The Kier molecular flexibility index (Phi) is 5.76. The first-order chi connectivity index (χ1) is 14.1. The summed E-state index contributed by atoms with van der Waals surface area (Å²) < 4.78 is 69.9. The Morgan fingerprint density at radius 3 is 2.13 bits per heavy atom. The SMILES string of the molecule is Cc1cc(F)c(C)c(S(=O)(=O)Nc2c(F)cc(C#Cc3cccc(O)c3)cc2F)c1. The predicted octanol–water partition coefficient (Wildman–Crippen LogP) is 4.63. The lowest BCUT2D eigenvalue weighted by Gasteiger charge is -2.13. The fraction of sp³-hybridized carbons (Fsp3) is 0.0909. The van der Waals surface area contributed by atoms with Crippen molar-refractivity contribution in [3.63, 3.8) is 0 Å². The molecular weight excluding hydrogens is 415 g/mol. The van der Waals surface area contributed by atoms with E-state index in [1.54, 1.807) is 12.1 Å². The number of hydrogen-bond donors (Lipinski definition) is 2. The van der Waals surface area contributed by atoms with Gasteiger partial charge in [-0.1, -0.05) is 17.9 Å². The normalized spacial score (nSPS) is 11.0. The summed E-state index contributed by atoms with van der Waals surface area (Å²) in [5.41, 5.74) is -0.314. The fourth-order valence-corrected chi connectivity index (χ4v) is 4.14. The molecule has 0 aromatic heterocycles. The zero-order valence-electron chi connectivity index (χ0n) is 15.9. The van der Waals surface area contributed by atoms with Gasteiger partial charge in [0.1, 0.15) is 17.3 Å². The van der Waals surface area contributed by atoms with Gasteiger partial charge < -0.3 is 5.11 Å². The lowest BCUT2D eigenvalue weighted by atomic mass is 10.1. The fourth-order valence-electron chi connectivity index (χ4n) is 2.72. The second-order valence-electron chi connectivity index (χ2n) is 6.59. The van der Waals surface area contributed by atoms with Gasteiger partial charge in [-0.15, -0.1) is 0 Å². The van der Waals surface area contributed by atoms with E-state index in [2.05, 4.69) is 11.8 Å². The highest BCUT2D eigenvalue weighted by Crippen LogP contribution is 2.27. The van der Waals surface area contributed by atoms with Crippen molar-refractivity contribution in [1.82, 2.24) is 0 Å². The molecule has 0 amide bonds. The molecule has 0 fully saturated rings. The third kappa shape index (κ3) is 4.58. The van der Waals surface area contributed by atoms with Gasteiger partial charge in [-0.25, -0.2) is 21.6 Å². The number of phenols is 1. The number of phenolic OH excluding ortho intramolecular Hbond substituents is 1. The number of benzene rings is 3. The van der Waals surface area contributed by atoms with Crippen LogP contribution in [0, 0.1) is 43.1 Å². The molecule has 30 heavy (non-hydrogen) atoms. The summed E-state index contributed by atoms with van der Waals surface area (Å²) in [5.74, 6) is 2.09. The Morgan fingerprint density at radius 1 is 0.867 bits per heavy atom. The van der Waals surface area contributed by atoms with Gasteiger partial charge >= 0.3 is 0 Å². The standard InChI is InChI=1S/C22H16F3NO3S/c1-13-8-18(23)14(2)21(9-13)30(28,29)26-22-19(24)11-16(12-20(22)25)7-6-15-4-3-5-17(27)10-15/h3-5,8-12,26-27H,1-2H3. The molecule has 0 radical (unpaired) electrons. The number of aryl methyl sites for hydroxylation is 1. The van der Waals surface area contributed by atoms with Crippen LogP contribution in [-0.2, 0) is 10.0 Å². The molecule has 4 nitrogen and oxygen atoms in total. The van der Waals surface area contributed by atoms with E-state index >= 15 is 0 Å². The number of sulfonamides is 1. The van der Waals surface area contributed by atoms with E-state index in [0.717, 1.165) is 18.2 Å². The van der Waals surface area contributed by atoms with Crippen molar-refractivity contribution in [2.75, 3.05) is 4.72 Å². The van der Waals surface area contributed by atoms with Crippen molar-refractivity contribution in [2.45, 2.75) is 18.7 Å². The van der Waals surface area contributed by atoms with Crippen molar-refractivity contribution in [2.24, 2.45) is 0 Å². The van der Waals surface area contributed by atoms with Crippen molar-refractivity contribution in [3.8, 4) is 17.6 Å². The maximum atomic E-state index is 14.5. The molecule has 0 saturated carbocycles. The Hall–Kier alpha value is -3.44. The van der Waals surface area contributed by atoms with Gasteiger partial charge in [0.05, 0.1) is 4.90 Å². The van der Waals surface area contributed by atoms with Crippen LogP contribution in [0.4, 0.5) is 18.9 Å². The van der Waals surface area contributed by atoms with E-state index in [0.29, 0.717) is 11.1 Å². The average molecular weight is 431 g/mol. The molecule has 0 unspecified atom stereocenters. The van der Waals surface area contributed by atoms with Gasteiger partial charge in [-0.2, -0.15) is 0 Å². The number of hydrogen-bond acceptors (Lipinski definition) is 3. The number of anilines is 1. The van der Waals surface area contributed by atoms with E-state index in [9.17, 15) is 26.7 Å². The molecule has 0 spiro atoms. The first kappa shape index (κ1) is 21.3. The van der Waals surface area contributed by atoms with E-state index in [1.165, 1.54) is 32.0 Å². The predicted molar refractivity (Wildman–Crippen MR) is 107 cm³/mol. The highest BCUT2D eigenvalue weighted by Gasteiger charge is 2.23. The van der Waals surface area contributed by atoms with Gasteiger partial charge in [0.15, 0.2) is 11.6 Å². The Balaban J connectivity index is 1.95. The van der Waals surface area contributed by atoms with Crippen LogP contribution < -0.4 is 4.72 Å². The van der Waals surface area contributed by atoms with Crippen molar-refractivity contribution < 1.29 is 26.7 Å². The second kappa shape index (κ2) is 8.13. The minimum absolute atomic E-state index is 0.00760. The maximum Gasteiger partial charge on any atom is 0.262 e. The van der Waals surface area contributed by atoms with Crippen LogP contribution in [0.5, 0.6) is 5.75 Å². The first-order valence-electron chi connectivity index (χ1n) is 8.66. The van der Waals surface area contributed by atoms with Crippen LogP contribution in [0.3, 0.4) is 0 Å². The van der Waals surface area contributed by atoms with Gasteiger partial charge in [-0.3, -0.25) is 4.72 Å². The topological polar surface area (TPSA) is 66.4 Å². The second-order valence-corrected chi connectivity index (χ2v) is 8.24. The molecule has 2 N–H and O–H groups in total. The zero-order chi connectivity index (χ0) is 22.1. The molecule has 8 heteroatoms. The monoisotopic (exact) mass is 431 g/mol. The Labute approximate surface area is 172 Å². The molecule has 0 heterocycles. The molecule has 0 saturated heterocycles. The highest BCUT2D eigenvalue weighted by molar-refractivity contribution is 7.92. The maximum absolute atomic E-state index is 14.5. The molecule has 0 bridgehead atoms. The summed E-state index contributed by atoms with van der Waals surface area (Å²) in [6.45, 7) is 2.76. The van der Waals surface area contributed by atoms with Crippen LogP contribution in [0.25, 0.3) is 0 Å². The quantitative estimate of drug-likeness (QED) is 0.595. The van der Waals surface area contributed by atoms with Crippen LogP contribution in [-0.4, -0.2) is 13.5 Å². The number of nitrogens with one attached hydrogen (secondary N) is 1. The van der Waals surface area contributed by atoms with E-state index < -0.39 is 38.1 Å². The van der Waals surface area contributed by atoms with Crippen molar-refractivity contribution in [1.29, 1.82) is 0 Å². The number of halogens is 3. The minimum atomic E-state index is -4.44. The van der Waals surface area contributed by atoms with Gasteiger partial charge in [0.25, 0.3) is 10.0 Å². The molecule has 0 aliphatic heterocycles. The van der Waals surface area contributed by atoms with Gasteiger partial charge in [0, 0.05) is 16.7 Å². The smallest absolute Gasteiger partial charge is 0.262 e. The van der Waals surface area contributed by atoms with Crippen molar-refractivity contribution in [3.05, 3.63) is 88.2 Å². The largest absolute Gasteiger partial charge is 0.508 e. The number of rotatable bonds is 3. The Bertz CT molecular complexity index is 1290. The summed E-state index contributed by atoms with van der Waals surface area (Å²) in [6.07, 6.45) is 0. The van der Waals surface area contributed by atoms with Crippen molar-refractivity contribution >= 4 is 15.7 Å². The van der Waals surface area contributed by atoms with Crippen LogP contribution in [0.2, 0.25) is 0 Å². The summed E-state index contributed by atoms with van der Waals surface area (Å²) in [7, 11) is -4.44. The van der Waals surface area contributed by atoms with Crippen LogP contribution >= 0.6 is 0 Å².